The maximum absolute atomic E-state index is 9.02. The molecular weight excluding hydrogens is 130 g/mol. The SMILES string of the molecule is Cc1c(N)cccc1O.O. The summed E-state index contributed by atoms with van der Waals surface area (Å²) in [6.45, 7) is 1.78. The minimum absolute atomic E-state index is 0. The normalized spacial score (nSPS) is 8.50. The monoisotopic (exact) mass is 141 g/mol. The standard InChI is InChI=1S/C7H9NO.H2O/c1-5-6(8)3-2-4-7(5)9;/h2-4,9H,8H2,1H3;1H2. The van der Waals surface area contributed by atoms with E-state index in [1.54, 1.807) is 25.1 Å². The van der Waals surface area contributed by atoms with E-state index in [1.807, 2.05) is 0 Å². The maximum Gasteiger partial charge on any atom is 0.120 e. The van der Waals surface area contributed by atoms with Crippen LogP contribution in [0.15, 0.2) is 18.2 Å². The van der Waals surface area contributed by atoms with E-state index < -0.39 is 0 Å². The van der Waals surface area contributed by atoms with Gasteiger partial charge in [-0.3, -0.25) is 0 Å². The van der Waals surface area contributed by atoms with Crippen LogP contribution in [0.1, 0.15) is 5.56 Å². The van der Waals surface area contributed by atoms with E-state index in [0.717, 1.165) is 5.56 Å². The zero-order valence-electron chi connectivity index (χ0n) is 5.76. The van der Waals surface area contributed by atoms with Crippen LogP contribution in [0.4, 0.5) is 5.69 Å². The number of hydrogen-bond donors (Lipinski definition) is 2. The molecule has 3 nitrogen and oxygen atoms in total. The molecule has 1 rings (SSSR count). The summed E-state index contributed by atoms with van der Waals surface area (Å²) in [5.41, 5.74) is 6.84. The van der Waals surface area contributed by atoms with E-state index in [0.29, 0.717) is 5.69 Å². The van der Waals surface area contributed by atoms with Crippen LogP contribution >= 0.6 is 0 Å². The van der Waals surface area contributed by atoms with Gasteiger partial charge in [-0.1, -0.05) is 6.07 Å². The molecule has 0 saturated carbocycles. The molecule has 0 fully saturated rings. The predicted octanol–water partition coefficient (Wildman–Crippen LogP) is 0.458. The molecule has 0 radical (unpaired) electrons. The lowest BCUT2D eigenvalue weighted by Gasteiger charge is -1.99. The number of anilines is 1. The maximum atomic E-state index is 9.02. The van der Waals surface area contributed by atoms with Gasteiger partial charge in [0.15, 0.2) is 0 Å². The number of nitrogens with two attached hydrogens (primary N) is 1. The van der Waals surface area contributed by atoms with Crippen molar-refractivity contribution >= 4 is 5.69 Å². The highest BCUT2D eigenvalue weighted by Gasteiger charge is 1.95. The van der Waals surface area contributed by atoms with Gasteiger partial charge in [0.1, 0.15) is 5.75 Å². The highest BCUT2D eigenvalue weighted by atomic mass is 16.3. The molecule has 1 aromatic carbocycles. The second-order valence-corrected chi connectivity index (χ2v) is 1.99. The van der Waals surface area contributed by atoms with Gasteiger partial charge >= 0.3 is 0 Å². The van der Waals surface area contributed by atoms with Gasteiger partial charge in [-0.2, -0.15) is 0 Å². The Kier molecular flexibility index (Phi) is 2.70. The lowest BCUT2D eigenvalue weighted by Crippen LogP contribution is -1.87. The topological polar surface area (TPSA) is 77.8 Å². The fraction of sp³-hybridized carbons (Fsp3) is 0.143. The molecular formula is C7H11NO2. The summed E-state index contributed by atoms with van der Waals surface area (Å²) in [5.74, 6) is 0.259. The lowest BCUT2D eigenvalue weighted by molar-refractivity contribution is 0.471. The average Bonchev–Trinajstić information content (AvgIpc) is 1.83. The zero-order chi connectivity index (χ0) is 6.85. The predicted molar refractivity (Wildman–Crippen MR) is 40.9 cm³/mol. The molecule has 0 unspecified atom stereocenters. The van der Waals surface area contributed by atoms with Crippen LogP contribution in [-0.4, -0.2) is 10.6 Å². The van der Waals surface area contributed by atoms with Crippen LogP contribution in [0.5, 0.6) is 5.75 Å². The Bertz CT molecular complexity index is 203. The summed E-state index contributed by atoms with van der Waals surface area (Å²) in [4.78, 5) is 0. The van der Waals surface area contributed by atoms with Crippen molar-refractivity contribution in [3.63, 3.8) is 0 Å². The van der Waals surface area contributed by atoms with E-state index in [4.69, 9.17) is 10.8 Å². The van der Waals surface area contributed by atoms with Crippen molar-refractivity contribution in [1.82, 2.24) is 0 Å². The Hall–Kier alpha value is -1.22. The van der Waals surface area contributed by atoms with Gasteiger partial charge < -0.3 is 16.3 Å². The molecule has 0 atom stereocenters. The Morgan fingerprint density at radius 2 is 2.00 bits per heavy atom. The molecule has 0 saturated heterocycles. The van der Waals surface area contributed by atoms with Crippen LogP contribution in [0.2, 0.25) is 0 Å². The minimum atomic E-state index is 0. The molecule has 10 heavy (non-hydrogen) atoms. The first kappa shape index (κ1) is 8.78. The van der Waals surface area contributed by atoms with Crippen molar-refractivity contribution in [2.45, 2.75) is 6.92 Å². The third kappa shape index (κ3) is 1.39. The largest absolute Gasteiger partial charge is 0.508 e. The van der Waals surface area contributed by atoms with E-state index in [-0.39, 0.29) is 11.2 Å². The van der Waals surface area contributed by atoms with Gasteiger partial charge in [-0.25, -0.2) is 0 Å². The molecule has 0 bridgehead atoms. The number of hydrogen-bond acceptors (Lipinski definition) is 2. The Balaban J connectivity index is 0.000000810. The number of phenols is 1. The van der Waals surface area contributed by atoms with Crippen molar-refractivity contribution in [2.24, 2.45) is 0 Å². The van der Waals surface area contributed by atoms with E-state index in [2.05, 4.69) is 0 Å². The Morgan fingerprint density at radius 1 is 1.40 bits per heavy atom. The summed E-state index contributed by atoms with van der Waals surface area (Å²) in [7, 11) is 0. The van der Waals surface area contributed by atoms with Gasteiger partial charge in [0.2, 0.25) is 0 Å². The quantitative estimate of drug-likeness (QED) is 0.515. The molecule has 0 aliphatic carbocycles. The Morgan fingerprint density at radius 3 is 2.40 bits per heavy atom. The van der Waals surface area contributed by atoms with Gasteiger partial charge in [0, 0.05) is 11.3 Å². The van der Waals surface area contributed by atoms with Crippen LogP contribution in [-0.2, 0) is 0 Å². The van der Waals surface area contributed by atoms with Crippen LogP contribution in [0.3, 0.4) is 0 Å². The van der Waals surface area contributed by atoms with Crippen LogP contribution in [0.25, 0.3) is 0 Å². The molecule has 0 aliphatic rings. The summed E-state index contributed by atoms with van der Waals surface area (Å²) in [6, 6.07) is 5.10. The van der Waals surface area contributed by atoms with Crippen molar-refractivity contribution in [1.29, 1.82) is 0 Å². The van der Waals surface area contributed by atoms with Gasteiger partial charge in [-0.15, -0.1) is 0 Å². The Labute approximate surface area is 59.4 Å². The fourth-order valence-electron chi connectivity index (χ4n) is 0.641. The lowest BCUT2D eigenvalue weighted by atomic mass is 10.2. The average molecular weight is 141 g/mol. The van der Waals surface area contributed by atoms with Crippen LogP contribution < -0.4 is 5.73 Å². The highest BCUT2D eigenvalue weighted by Crippen LogP contribution is 2.20. The first-order chi connectivity index (χ1) is 4.22. The van der Waals surface area contributed by atoms with E-state index in [9.17, 15) is 0 Å². The molecule has 0 amide bonds. The smallest absolute Gasteiger partial charge is 0.120 e. The third-order valence-corrected chi connectivity index (χ3v) is 1.35. The number of aromatic hydroxyl groups is 1. The van der Waals surface area contributed by atoms with Crippen molar-refractivity contribution in [3.05, 3.63) is 23.8 Å². The summed E-state index contributed by atoms with van der Waals surface area (Å²) in [6.07, 6.45) is 0. The second-order valence-electron chi connectivity index (χ2n) is 1.99. The summed E-state index contributed by atoms with van der Waals surface area (Å²) in [5, 5.41) is 9.02. The van der Waals surface area contributed by atoms with Crippen LogP contribution in [0, 0.1) is 6.92 Å². The highest BCUT2D eigenvalue weighted by molar-refractivity contribution is 5.52. The molecule has 3 heteroatoms. The number of phenolic OH excluding ortho intramolecular Hbond substituents is 1. The number of rotatable bonds is 0. The minimum Gasteiger partial charge on any atom is -0.508 e. The zero-order valence-corrected chi connectivity index (χ0v) is 5.76. The number of benzene rings is 1. The van der Waals surface area contributed by atoms with Gasteiger partial charge in [0.25, 0.3) is 0 Å². The molecule has 0 heterocycles. The van der Waals surface area contributed by atoms with Crippen molar-refractivity contribution in [3.8, 4) is 5.75 Å². The summed E-state index contributed by atoms with van der Waals surface area (Å²) < 4.78 is 0. The molecule has 0 aliphatic heterocycles. The molecule has 1 aromatic rings. The molecule has 5 N–H and O–H groups in total. The second kappa shape index (κ2) is 3.08. The fourth-order valence-corrected chi connectivity index (χ4v) is 0.641. The third-order valence-electron chi connectivity index (χ3n) is 1.35. The molecule has 0 aromatic heterocycles. The van der Waals surface area contributed by atoms with E-state index >= 15 is 0 Å². The molecule has 56 valence electrons. The van der Waals surface area contributed by atoms with Gasteiger partial charge in [0.05, 0.1) is 0 Å². The first-order valence-corrected chi connectivity index (χ1v) is 2.76. The van der Waals surface area contributed by atoms with E-state index in [1.165, 1.54) is 0 Å². The molecule has 0 spiro atoms. The number of nitrogen functional groups attached to an aromatic ring is 1. The summed E-state index contributed by atoms with van der Waals surface area (Å²) >= 11 is 0. The van der Waals surface area contributed by atoms with Crippen molar-refractivity contribution < 1.29 is 10.6 Å². The first-order valence-electron chi connectivity index (χ1n) is 2.76. The van der Waals surface area contributed by atoms with Crippen molar-refractivity contribution in [2.75, 3.05) is 5.73 Å². The van der Waals surface area contributed by atoms with Gasteiger partial charge in [-0.05, 0) is 19.1 Å².